The molecular weight excluding hydrogens is 162 g/mol. The molecule has 0 spiro atoms. The molecule has 1 saturated heterocycles. The van der Waals surface area contributed by atoms with Gasteiger partial charge in [-0.25, -0.2) is 0 Å². The van der Waals surface area contributed by atoms with Crippen LogP contribution in [0.4, 0.5) is 0 Å². The Hall–Kier alpha value is -0.570. The first-order valence-corrected chi connectivity index (χ1v) is 5.05. The Kier molecular flexibility index (Phi) is 3.31. The molecule has 3 nitrogen and oxygen atoms in total. The third-order valence-electron chi connectivity index (χ3n) is 2.95. The van der Waals surface area contributed by atoms with E-state index in [-0.39, 0.29) is 0 Å². The van der Waals surface area contributed by atoms with Crippen molar-refractivity contribution in [2.24, 2.45) is 5.92 Å². The molecule has 1 aliphatic heterocycles. The summed E-state index contributed by atoms with van der Waals surface area (Å²) in [5, 5.41) is 7.76. The molecule has 1 aliphatic rings. The second kappa shape index (κ2) is 4.09. The zero-order valence-corrected chi connectivity index (χ0v) is 9.17. The van der Waals surface area contributed by atoms with Gasteiger partial charge in [0.05, 0.1) is 5.84 Å². The summed E-state index contributed by atoms with van der Waals surface area (Å²) in [4.78, 5) is 4.48. The van der Waals surface area contributed by atoms with Crippen molar-refractivity contribution < 1.29 is 0 Å². The van der Waals surface area contributed by atoms with E-state index in [4.69, 9.17) is 5.41 Å². The Morgan fingerprint density at radius 2 is 2.08 bits per heavy atom. The SMILES string of the molecule is CCC(=N)N1CC(C)C(N(C)C)C1. The van der Waals surface area contributed by atoms with E-state index >= 15 is 0 Å². The summed E-state index contributed by atoms with van der Waals surface area (Å²) in [5.74, 6) is 1.47. The molecule has 0 saturated carbocycles. The van der Waals surface area contributed by atoms with Crippen LogP contribution in [0.5, 0.6) is 0 Å². The molecule has 1 heterocycles. The van der Waals surface area contributed by atoms with Gasteiger partial charge >= 0.3 is 0 Å². The van der Waals surface area contributed by atoms with E-state index in [0.29, 0.717) is 12.0 Å². The molecule has 0 aromatic carbocycles. The number of rotatable bonds is 2. The number of likely N-dealkylation sites (tertiary alicyclic amines) is 1. The zero-order valence-electron chi connectivity index (χ0n) is 9.17. The number of nitrogens with one attached hydrogen (secondary N) is 1. The average molecular weight is 183 g/mol. The van der Waals surface area contributed by atoms with Crippen LogP contribution in [0.15, 0.2) is 0 Å². The van der Waals surface area contributed by atoms with Crippen molar-refractivity contribution in [2.75, 3.05) is 27.2 Å². The number of amidine groups is 1. The van der Waals surface area contributed by atoms with Gasteiger partial charge in [-0.1, -0.05) is 13.8 Å². The molecule has 0 bridgehead atoms. The fraction of sp³-hybridized carbons (Fsp3) is 0.900. The van der Waals surface area contributed by atoms with Crippen LogP contribution in [0.25, 0.3) is 0 Å². The normalized spacial score (nSPS) is 28.5. The summed E-state index contributed by atoms with van der Waals surface area (Å²) in [7, 11) is 4.25. The van der Waals surface area contributed by atoms with Crippen molar-refractivity contribution >= 4 is 5.84 Å². The van der Waals surface area contributed by atoms with Gasteiger partial charge < -0.3 is 9.80 Å². The van der Waals surface area contributed by atoms with Crippen LogP contribution >= 0.6 is 0 Å². The van der Waals surface area contributed by atoms with Gasteiger partial charge in [-0.2, -0.15) is 0 Å². The van der Waals surface area contributed by atoms with Crippen molar-refractivity contribution in [2.45, 2.75) is 26.3 Å². The van der Waals surface area contributed by atoms with Crippen LogP contribution in [0, 0.1) is 11.3 Å². The van der Waals surface area contributed by atoms with Crippen molar-refractivity contribution in [1.82, 2.24) is 9.80 Å². The Morgan fingerprint density at radius 1 is 1.46 bits per heavy atom. The van der Waals surface area contributed by atoms with Gasteiger partial charge in [-0.15, -0.1) is 0 Å². The predicted octanol–water partition coefficient (Wildman–Crippen LogP) is 1.26. The number of hydrogen-bond donors (Lipinski definition) is 1. The molecule has 1 N–H and O–H groups in total. The molecule has 0 aromatic heterocycles. The van der Waals surface area contributed by atoms with E-state index in [0.717, 1.165) is 25.3 Å². The minimum atomic E-state index is 0.617. The monoisotopic (exact) mass is 183 g/mol. The second-order valence-electron chi connectivity index (χ2n) is 4.21. The van der Waals surface area contributed by atoms with Gasteiger partial charge in [0.1, 0.15) is 0 Å². The fourth-order valence-electron chi connectivity index (χ4n) is 2.07. The van der Waals surface area contributed by atoms with E-state index in [1.54, 1.807) is 0 Å². The highest BCUT2D eigenvalue weighted by atomic mass is 15.3. The van der Waals surface area contributed by atoms with Crippen molar-refractivity contribution in [3.8, 4) is 0 Å². The fourth-order valence-corrected chi connectivity index (χ4v) is 2.07. The highest BCUT2D eigenvalue weighted by Crippen LogP contribution is 2.20. The maximum absolute atomic E-state index is 7.76. The van der Waals surface area contributed by atoms with Crippen LogP contribution in [0.1, 0.15) is 20.3 Å². The molecule has 2 atom stereocenters. The molecule has 13 heavy (non-hydrogen) atoms. The summed E-state index contributed by atoms with van der Waals surface area (Å²) in [6.45, 7) is 6.40. The summed E-state index contributed by atoms with van der Waals surface area (Å²) in [5.41, 5.74) is 0. The van der Waals surface area contributed by atoms with E-state index in [1.807, 2.05) is 0 Å². The first kappa shape index (κ1) is 10.5. The molecule has 0 aliphatic carbocycles. The van der Waals surface area contributed by atoms with Crippen LogP contribution in [-0.4, -0.2) is 48.9 Å². The van der Waals surface area contributed by atoms with E-state index < -0.39 is 0 Å². The first-order valence-electron chi connectivity index (χ1n) is 5.05. The lowest BCUT2D eigenvalue weighted by atomic mass is 10.1. The first-order chi connectivity index (χ1) is 6.06. The summed E-state index contributed by atoms with van der Waals surface area (Å²) < 4.78 is 0. The smallest absolute Gasteiger partial charge is 0.0955 e. The van der Waals surface area contributed by atoms with Crippen molar-refractivity contribution in [3.05, 3.63) is 0 Å². The zero-order chi connectivity index (χ0) is 10.0. The van der Waals surface area contributed by atoms with E-state index in [1.165, 1.54) is 0 Å². The largest absolute Gasteiger partial charge is 0.359 e. The van der Waals surface area contributed by atoms with Gasteiger partial charge in [0, 0.05) is 25.6 Å². The van der Waals surface area contributed by atoms with E-state index in [9.17, 15) is 0 Å². The molecule has 1 rings (SSSR count). The molecule has 3 heteroatoms. The maximum atomic E-state index is 7.76. The van der Waals surface area contributed by atoms with Gasteiger partial charge in [-0.3, -0.25) is 5.41 Å². The number of likely N-dealkylation sites (N-methyl/N-ethyl adjacent to an activating group) is 1. The minimum Gasteiger partial charge on any atom is -0.359 e. The Bertz CT molecular complexity index is 189. The third kappa shape index (κ3) is 2.21. The lowest BCUT2D eigenvalue weighted by Crippen LogP contribution is -2.35. The molecule has 2 unspecified atom stereocenters. The topological polar surface area (TPSA) is 30.3 Å². The second-order valence-corrected chi connectivity index (χ2v) is 4.21. The van der Waals surface area contributed by atoms with Gasteiger partial charge in [0.2, 0.25) is 0 Å². The Balaban J connectivity index is 2.54. The van der Waals surface area contributed by atoms with Crippen LogP contribution in [0.2, 0.25) is 0 Å². The van der Waals surface area contributed by atoms with Crippen LogP contribution in [0.3, 0.4) is 0 Å². The van der Waals surface area contributed by atoms with Crippen molar-refractivity contribution in [3.63, 3.8) is 0 Å². The molecule has 1 fully saturated rings. The third-order valence-corrected chi connectivity index (χ3v) is 2.95. The predicted molar refractivity (Wildman–Crippen MR) is 56.2 cm³/mol. The van der Waals surface area contributed by atoms with Crippen molar-refractivity contribution in [1.29, 1.82) is 5.41 Å². The van der Waals surface area contributed by atoms with Crippen LogP contribution < -0.4 is 0 Å². The summed E-state index contributed by atoms with van der Waals surface area (Å²) >= 11 is 0. The van der Waals surface area contributed by atoms with Gasteiger partial charge in [0.25, 0.3) is 0 Å². The summed E-state index contributed by atoms with van der Waals surface area (Å²) in [6.07, 6.45) is 0.854. The maximum Gasteiger partial charge on any atom is 0.0955 e. The Labute approximate surface area is 81.2 Å². The molecule has 0 radical (unpaired) electrons. The van der Waals surface area contributed by atoms with E-state index in [2.05, 4.69) is 37.7 Å². The minimum absolute atomic E-state index is 0.617. The molecular formula is C10H21N3. The lowest BCUT2D eigenvalue weighted by molar-refractivity contribution is 0.262. The highest BCUT2D eigenvalue weighted by molar-refractivity contribution is 5.79. The standard InChI is InChI=1S/C10H21N3/c1-5-10(11)13-6-8(2)9(7-13)12(3)4/h8-9,11H,5-7H2,1-4H3. The summed E-state index contributed by atoms with van der Waals surface area (Å²) in [6, 6.07) is 0.617. The Morgan fingerprint density at radius 3 is 2.46 bits per heavy atom. The molecule has 0 amide bonds. The van der Waals surface area contributed by atoms with Crippen LogP contribution in [-0.2, 0) is 0 Å². The van der Waals surface area contributed by atoms with Gasteiger partial charge in [0.15, 0.2) is 0 Å². The number of nitrogens with zero attached hydrogens (tertiary/aromatic N) is 2. The lowest BCUT2D eigenvalue weighted by Gasteiger charge is -2.22. The van der Waals surface area contributed by atoms with Gasteiger partial charge in [-0.05, 0) is 20.0 Å². The molecule has 0 aromatic rings. The average Bonchev–Trinajstić information content (AvgIpc) is 2.46. The molecule has 76 valence electrons. The highest BCUT2D eigenvalue weighted by Gasteiger charge is 2.31. The quantitative estimate of drug-likeness (QED) is 0.516. The number of hydrogen-bond acceptors (Lipinski definition) is 2.